The number of aromatic nitrogens is 4. The van der Waals surface area contributed by atoms with E-state index in [-0.39, 0.29) is 31.6 Å². The van der Waals surface area contributed by atoms with E-state index in [1.54, 1.807) is 6.20 Å². The van der Waals surface area contributed by atoms with Gasteiger partial charge in [-0.15, -0.1) is 0 Å². The van der Waals surface area contributed by atoms with E-state index in [0.29, 0.717) is 5.69 Å². The Bertz CT molecular complexity index is 1840. The first-order valence-electron chi connectivity index (χ1n) is 15.6. The summed E-state index contributed by atoms with van der Waals surface area (Å²) < 4.78 is 0. The number of para-hydroxylation sites is 2. The highest BCUT2D eigenvalue weighted by atomic mass is 16.4. The maximum atomic E-state index is 13.9. The number of carbonyl (C=O) groups is 4. The fraction of sp³-hybridized carbons (Fsp3) is 0.324. The molecule has 2 aromatic carbocycles. The second-order valence-electron chi connectivity index (χ2n) is 12.2. The van der Waals surface area contributed by atoms with Crippen molar-refractivity contribution in [2.45, 2.75) is 63.7 Å². The lowest BCUT2D eigenvalue weighted by molar-refractivity contribution is -0.142. The molecule has 4 unspecified atom stereocenters. The Morgan fingerprint density at radius 3 is 1.83 bits per heavy atom. The number of imidazole rings is 1. The van der Waals surface area contributed by atoms with Crippen molar-refractivity contribution in [3.05, 3.63) is 90.3 Å². The number of H-pyrrole nitrogens is 3. The van der Waals surface area contributed by atoms with Crippen LogP contribution < -0.4 is 21.7 Å². The number of carboxylic acids is 1. The van der Waals surface area contributed by atoms with Crippen molar-refractivity contribution < 1.29 is 24.3 Å². The number of aromatic amines is 3. The van der Waals surface area contributed by atoms with E-state index in [1.165, 1.54) is 12.5 Å². The quantitative estimate of drug-likeness (QED) is 0.0855. The fourth-order valence-corrected chi connectivity index (χ4v) is 5.70. The zero-order chi connectivity index (χ0) is 33.5. The standard InChI is InChI=1S/C34H40N8O5/c1-19(2)11-30(34(46)47)42-32(44)28(13-21-16-38-27-10-6-4-8-24(21)27)41-33(45)29(14-22-17-36-18-39-22)40-31(43)25(35)12-20-15-37-26-9-5-3-7-23(20)26/h3-10,15-19,25,28-30,37-38H,11-14,35H2,1-2H3,(H,36,39)(H,40,43)(H,41,45)(H,42,44)(H,46,47). The molecule has 13 heteroatoms. The number of benzene rings is 2. The number of rotatable bonds is 15. The van der Waals surface area contributed by atoms with Crippen molar-refractivity contribution in [1.29, 1.82) is 0 Å². The van der Waals surface area contributed by atoms with Crippen LogP contribution in [0.4, 0.5) is 0 Å². The molecular weight excluding hydrogens is 600 g/mol. The molecule has 3 aromatic heterocycles. The van der Waals surface area contributed by atoms with Gasteiger partial charge in [0.2, 0.25) is 17.7 Å². The van der Waals surface area contributed by atoms with Crippen LogP contribution in [0.25, 0.3) is 21.8 Å². The van der Waals surface area contributed by atoms with Crippen LogP contribution in [0, 0.1) is 5.92 Å². The van der Waals surface area contributed by atoms with E-state index in [0.717, 1.165) is 32.9 Å². The molecule has 3 amide bonds. The minimum atomic E-state index is -1.17. The molecule has 0 spiro atoms. The van der Waals surface area contributed by atoms with Gasteiger partial charge in [-0.2, -0.15) is 0 Å². The Morgan fingerprint density at radius 1 is 0.745 bits per heavy atom. The lowest BCUT2D eigenvalue weighted by Gasteiger charge is -2.25. The van der Waals surface area contributed by atoms with Crippen LogP contribution in [-0.2, 0) is 38.4 Å². The summed E-state index contributed by atoms with van der Waals surface area (Å²) >= 11 is 0. The molecule has 13 nitrogen and oxygen atoms in total. The normalized spacial score (nSPS) is 14.0. The Kier molecular flexibility index (Phi) is 10.4. The zero-order valence-corrected chi connectivity index (χ0v) is 26.2. The zero-order valence-electron chi connectivity index (χ0n) is 26.2. The summed E-state index contributed by atoms with van der Waals surface area (Å²) in [5, 5.41) is 19.8. The van der Waals surface area contributed by atoms with Crippen molar-refractivity contribution in [1.82, 2.24) is 35.9 Å². The van der Waals surface area contributed by atoms with Gasteiger partial charge in [0.15, 0.2) is 0 Å². The highest BCUT2D eigenvalue weighted by Crippen LogP contribution is 2.21. The van der Waals surface area contributed by atoms with Gasteiger partial charge < -0.3 is 41.7 Å². The van der Waals surface area contributed by atoms with E-state index in [1.807, 2.05) is 68.6 Å². The van der Waals surface area contributed by atoms with E-state index >= 15 is 0 Å². The van der Waals surface area contributed by atoms with Gasteiger partial charge in [-0.3, -0.25) is 14.4 Å². The van der Waals surface area contributed by atoms with Crippen molar-refractivity contribution in [2.24, 2.45) is 11.7 Å². The largest absolute Gasteiger partial charge is 0.480 e. The molecule has 0 aliphatic rings. The molecule has 9 N–H and O–H groups in total. The number of carboxylic acid groups (broad SMARTS) is 1. The van der Waals surface area contributed by atoms with E-state index in [4.69, 9.17) is 5.73 Å². The number of aliphatic carboxylic acids is 1. The number of nitrogens with two attached hydrogens (primary N) is 1. The molecule has 5 aromatic rings. The van der Waals surface area contributed by atoms with Crippen molar-refractivity contribution in [2.75, 3.05) is 0 Å². The van der Waals surface area contributed by atoms with Crippen molar-refractivity contribution in [3.8, 4) is 0 Å². The summed E-state index contributed by atoms with van der Waals surface area (Å²) in [6.07, 6.45) is 7.12. The molecule has 47 heavy (non-hydrogen) atoms. The predicted octanol–water partition coefficient (Wildman–Crippen LogP) is 2.31. The molecule has 0 bridgehead atoms. The Hall–Kier alpha value is -5.43. The average Bonchev–Trinajstić information content (AvgIpc) is 3.81. The number of nitrogens with one attached hydrogen (secondary N) is 6. The van der Waals surface area contributed by atoms with Gasteiger partial charge in [0, 0.05) is 58.9 Å². The third-order valence-corrected chi connectivity index (χ3v) is 8.12. The van der Waals surface area contributed by atoms with Crippen molar-refractivity contribution >= 4 is 45.5 Å². The molecule has 5 rings (SSSR count). The van der Waals surface area contributed by atoms with Crippen LogP contribution in [0.1, 0.15) is 37.1 Å². The van der Waals surface area contributed by atoms with E-state index < -0.39 is 47.9 Å². The topological polar surface area (TPSA) is 211 Å². The van der Waals surface area contributed by atoms with E-state index in [2.05, 4.69) is 35.9 Å². The van der Waals surface area contributed by atoms with E-state index in [9.17, 15) is 24.3 Å². The highest BCUT2D eigenvalue weighted by Gasteiger charge is 2.32. The Morgan fingerprint density at radius 2 is 1.28 bits per heavy atom. The van der Waals surface area contributed by atoms with Crippen molar-refractivity contribution in [3.63, 3.8) is 0 Å². The maximum absolute atomic E-state index is 13.9. The van der Waals surface area contributed by atoms with Gasteiger partial charge in [-0.05, 0) is 42.0 Å². The minimum absolute atomic E-state index is 0.000483. The van der Waals surface area contributed by atoms with Gasteiger partial charge >= 0.3 is 5.97 Å². The second kappa shape index (κ2) is 14.8. The molecule has 0 radical (unpaired) electrons. The van der Waals surface area contributed by atoms with Gasteiger partial charge in [0.05, 0.1) is 12.4 Å². The summed E-state index contributed by atoms with van der Waals surface area (Å²) in [6.45, 7) is 3.72. The SMILES string of the molecule is CC(C)CC(NC(=O)C(Cc1c[nH]c2ccccc12)NC(=O)C(Cc1cnc[nH]1)NC(=O)C(N)Cc1c[nH]c2ccccc12)C(=O)O. The summed E-state index contributed by atoms with van der Waals surface area (Å²) in [4.78, 5) is 66.3. The summed E-state index contributed by atoms with van der Waals surface area (Å²) in [5.41, 5.74) is 10.3. The molecule has 0 aliphatic carbocycles. The summed E-state index contributed by atoms with van der Waals surface area (Å²) in [6, 6.07) is 10.8. The predicted molar refractivity (Wildman–Crippen MR) is 177 cm³/mol. The highest BCUT2D eigenvalue weighted by molar-refractivity contribution is 5.95. The smallest absolute Gasteiger partial charge is 0.326 e. The Balaban J connectivity index is 1.37. The number of nitrogens with zero attached hydrogens (tertiary/aromatic N) is 1. The number of carbonyl (C=O) groups excluding carboxylic acids is 3. The monoisotopic (exact) mass is 640 g/mol. The third kappa shape index (κ3) is 8.24. The lowest BCUT2D eigenvalue weighted by atomic mass is 10.0. The molecular formula is C34H40N8O5. The first-order chi connectivity index (χ1) is 22.6. The van der Waals surface area contributed by atoms with Crippen LogP contribution in [0.15, 0.2) is 73.4 Å². The second-order valence-corrected chi connectivity index (χ2v) is 12.2. The van der Waals surface area contributed by atoms with Crippen LogP contribution in [0.5, 0.6) is 0 Å². The molecule has 4 atom stereocenters. The van der Waals surface area contributed by atoms with Crippen LogP contribution in [0.2, 0.25) is 0 Å². The molecule has 0 saturated heterocycles. The van der Waals surface area contributed by atoms with Gasteiger partial charge in [0.1, 0.15) is 18.1 Å². The first kappa shape index (κ1) is 32.9. The average molecular weight is 641 g/mol. The minimum Gasteiger partial charge on any atom is -0.480 e. The molecule has 3 heterocycles. The summed E-state index contributed by atoms with van der Waals surface area (Å²) in [7, 11) is 0. The molecule has 0 fully saturated rings. The lowest BCUT2D eigenvalue weighted by Crippen LogP contribution is -2.58. The summed E-state index contributed by atoms with van der Waals surface area (Å²) in [5.74, 6) is -3.00. The first-order valence-corrected chi connectivity index (χ1v) is 15.6. The molecule has 0 saturated carbocycles. The third-order valence-electron chi connectivity index (χ3n) is 8.12. The van der Waals surface area contributed by atoms with Gasteiger partial charge in [-0.25, -0.2) is 9.78 Å². The van der Waals surface area contributed by atoms with Gasteiger partial charge in [-0.1, -0.05) is 50.2 Å². The number of hydrogen-bond acceptors (Lipinski definition) is 6. The molecule has 0 aliphatic heterocycles. The fourth-order valence-electron chi connectivity index (χ4n) is 5.70. The molecule has 246 valence electrons. The van der Waals surface area contributed by atoms with Crippen LogP contribution in [-0.4, -0.2) is 72.9 Å². The Labute approximate surface area is 271 Å². The van der Waals surface area contributed by atoms with Crippen LogP contribution in [0.3, 0.4) is 0 Å². The maximum Gasteiger partial charge on any atom is 0.326 e. The number of hydrogen-bond donors (Lipinski definition) is 8. The number of fused-ring (bicyclic) bond motifs is 2. The number of amides is 3. The van der Waals surface area contributed by atoms with Gasteiger partial charge in [0.25, 0.3) is 0 Å². The van der Waals surface area contributed by atoms with Crippen LogP contribution >= 0.6 is 0 Å².